The third-order valence-electron chi connectivity index (χ3n) is 3.95. The lowest BCUT2D eigenvalue weighted by Crippen LogP contribution is -2.43. The number of carbonyl (C=O) groups excluding carboxylic acids is 2. The maximum atomic E-state index is 12.8. The van der Waals surface area contributed by atoms with E-state index >= 15 is 0 Å². The smallest absolute Gasteiger partial charge is 0.276 e. The van der Waals surface area contributed by atoms with E-state index in [1.807, 2.05) is 0 Å². The second-order valence-electron chi connectivity index (χ2n) is 6.24. The molecule has 0 aromatic heterocycles. The highest BCUT2D eigenvalue weighted by Gasteiger charge is 2.15. The third kappa shape index (κ3) is 6.28. The largest absolute Gasteiger partial charge is 0.484 e. The Balaban J connectivity index is 1.51. The molecular formula is C21H18FN3O5S. The first kappa shape index (κ1) is 21.8. The highest BCUT2D eigenvalue weighted by Crippen LogP contribution is 2.16. The fourth-order valence-electron chi connectivity index (χ4n) is 2.42. The highest BCUT2D eigenvalue weighted by atomic mass is 32.2. The van der Waals surface area contributed by atoms with Crippen LogP contribution in [0.5, 0.6) is 5.75 Å². The molecule has 3 aromatic rings. The zero-order valence-electron chi connectivity index (χ0n) is 16.0. The Bertz CT molecular complexity index is 1150. The van der Waals surface area contributed by atoms with E-state index in [0.29, 0.717) is 11.4 Å². The summed E-state index contributed by atoms with van der Waals surface area (Å²) < 4.78 is 45.2. The van der Waals surface area contributed by atoms with Crippen LogP contribution in [0.2, 0.25) is 0 Å². The molecule has 3 rings (SSSR count). The molecule has 0 atom stereocenters. The van der Waals surface area contributed by atoms with E-state index in [0.717, 1.165) is 0 Å². The van der Waals surface area contributed by atoms with Crippen molar-refractivity contribution >= 4 is 27.5 Å². The van der Waals surface area contributed by atoms with E-state index in [-0.39, 0.29) is 10.5 Å². The predicted molar refractivity (Wildman–Crippen MR) is 111 cm³/mol. The van der Waals surface area contributed by atoms with Crippen LogP contribution in [0.4, 0.5) is 10.1 Å². The lowest BCUT2D eigenvalue weighted by Gasteiger charge is -2.10. The molecule has 160 valence electrons. The molecule has 0 heterocycles. The van der Waals surface area contributed by atoms with Crippen LogP contribution in [0.15, 0.2) is 83.8 Å². The molecule has 8 nitrogen and oxygen atoms in total. The quantitative estimate of drug-likeness (QED) is 0.486. The first-order valence-electron chi connectivity index (χ1n) is 8.99. The summed E-state index contributed by atoms with van der Waals surface area (Å²) in [6.45, 7) is -0.395. The minimum atomic E-state index is -3.81. The summed E-state index contributed by atoms with van der Waals surface area (Å²) in [4.78, 5) is 23.9. The number of hydrogen-bond acceptors (Lipinski definition) is 5. The van der Waals surface area contributed by atoms with Crippen LogP contribution in [0, 0.1) is 5.82 Å². The van der Waals surface area contributed by atoms with E-state index in [1.54, 1.807) is 30.3 Å². The molecule has 0 radical (unpaired) electrons. The van der Waals surface area contributed by atoms with Gasteiger partial charge in [0, 0.05) is 11.3 Å². The van der Waals surface area contributed by atoms with Gasteiger partial charge in [0.1, 0.15) is 11.6 Å². The number of halogens is 1. The molecule has 31 heavy (non-hydrogen) atoms. The van der Waals surface area contributed by atoms with Crippen LogP contribution >= 0.6 is 0 Å². The first-order valence-corrected chi connectivity index (χ1v) is 10.5. The maximum Gasteiger partial charge on any atom is 0.276 e. The number of sulfonamides is 1. The van der Waals surface area contributed by atoms with Gasteiger partial charge in [0.05, 0.1) is 4.90 Å². The van der Waals surface area contributed by atoms with Crippen molar-refractivity contribution in [1.29, 1.82) is 0 Å². The summed E-state index contributed by atoms with van der Waals surface area (Å²) in [6, 6.07) is 18.7. The first-order chi connectivity index (χ1) is 14.8. The molecule has 0 fully saturated rings. The van der Waals surface area contributed by atoms with Gasteiger partial charge in [0.25, 0.3) is 21.8 Å². The SMILES string of the molecule is O=C(COc1ccc(F)cc1)NNC(=O)c1ccc(S(=O)(=O)Nc2ccccc2)cc1. The summed E-state index contributed by atoms with van der Waals surface area (Å²) in [5, 5.41) is 0. The Morgan fingerprint density at radius 3 is 2.13 bits per heavy atom. The molecule has 0 spiro atoms. The van der Waals surface area contributed by atoms with E-state index in [4.69, 9.17) is 4.74 Å². The van der Waals surface area contributed by atoms with Gasteiger partial charge in [0.2, 0.25) is 0 Å². The van der Waals surface area contributed by atoms with Gasteiger partial charge >= 0.3 is 0 Å². The number of nitrogens with one attached hydrogen (secondary N) is 3. The van der Waals surface area contributed by atoms with Crippen molar-refractivity contribution in [1.82, 2.24) is 10.9 Å². The molecule has 0 aliphatic carbocycles. The second kappa shape index (κ2) is 9.72. The van der Waals surface area contributed by atoms with E-state index < -0.39 is 34.3 Å². The Morgan fingerprint density at radius 2 is 1.48 bits per heavy atom. The van der Waals surface area contributed by atoms with Gasteiger partial charge in [0.15, 0.2) is 6.61 Å². The van der Waals surface area contributed by atoms with Crippen LogP contribution < -0.4 is 20.3 Å². The number of ether oxygens (including phenoxy) is 1. The van der Waals surface area contributed by atoms with Crippen molar-refractivity contribution in [3.05, 3.63) is 90.2 Å². The molecule has 10 heteroatoms. The van der Waals surface area contributed by atoms with Crippen molar-refractivity contribution in [2.45, 2.75) is 4.90 Å². The minimum absolute atomic E-state index is 0.0235. The summed E-state index contributed by atoms with van der Waals surface area (Å²) in [5.74, 6) is -1.42. The van der Waals surface area contributed by atoms with Crippen LogP contribution in [-0.2, 0) is 14.8 Å². The molecular weight excluding hydrogens is 425 g/mol. The predicted octanol–water partition coefficient (Wildman–Crippen LogP) is 2.47. The van der Waals surface area contributed by atoms with E-state index in [1.165, 1.54) is 48.5 Å². The monoisotopic (exact) mass is 443 g/mol. The van der Waals surface area contributed by atoms with E-state index in [2.05, 4.69) is 15.6 Å². The number of rotatable bonds is 7. The van der Waals surface area contributed by atoms with Crippen molar-refractivity contribution in [2.75, 3.05) is 11.3 Å². The Hall–Kier alpha value is -3.92. The van der Waals surface area contributed by atoms with E-state index in [9.17, 15) is 22.4 Å². The molecule has 0 aliphatic heterocycles. The highest BCUT2D eigenvalue weighted by molar-refractivity contribution is 7.92. The van der Waals surface area contributed by atoms with Gasteiger partial charge in [-0.1, -0.05) is 18.2 Å². The van der Waals surface area contributed by atoms with Gasteiger partial charge in [-0.2, -0.15) is 0 Å². The van der Waals surface area contributed by atoms with Gasteiger partial charge in [-0.15, -0.1) is 0 Å². The molecule has 0 aliphatic rings. The average Bonchev–Trinajstić information content (AvgIpc) is 2.77. The van der Waals surface area contributed by atoms with Crippen molar-refractivity contribution in [3.8, 4) is 5.75 Å². The molecule has 3 N–H and O–H groups in total. The molecule has 2 amide bonds. The van der Waals surface area contributed by atoms with Gasteiger partial charge < -0.3 is 4.74 Å². The van der Waals surface area contributed by atoms with Gasteiger partial charge in [-0.3, -0.25) is 25.2 Å². The normalized spacial score (nSPS) is 10.7. The summed E-state index contributed by atoms with van der Waals surface area (Å²) in [5.41, 5.74) is 4.92. The topological polar surface area (TPSA) is 114 Å². The van der Waals surface area contributed by atoms with Crippen molar-refractivity contribution in [3.63, 3.8) is 0 Å². The summed E-state index contributed by atoms with van der Waals surface area (Å²) in [7, 11) is -3.81. The standard InChI is InChI=1S/C21H18FN3O5S/c22-16-8-10-18(11-9-16)30-14-20(26)23-24-21(27)15-6-12-19(13-7-15)31(28,29)25-17-4-2-1-3-5-17/h1-13,25H,14H2,(H,23,26)(H,24,27). The maximum absolute atomic E-state index is 12.8. The van der Waals surface area contributed by atoms with Crippen molar-refractivity contribution < 1.29 is 27.1 Å². The molecule has 0 bridgehead atoms. The molecule has 0 saturated carbocycles. The number of carbonyl (C=O) groups is 2. The van der Waals surface area contributed by atoms with Gasteiger partial charge in [-0.05, 0) is 60.7 Å². The van der Waals surface area contributed by atoms with Crippen LogP contribution in [0.25, 0.3) is 0 Å². The number of para-hydroxylation sites is 1. The van der Waals surface area contributed by atoms with Crippen LogP contribution in [0.1, 0.15) is 10.4 Å². The van der Waals surface area contributed by atoms with Crippen molar-refractivity contribution in [2.24, 2.45) is 0 Å². The van der Waals surface area contributed by atoms with Crippen LogP contribution in [-0.4, -0.2) is 26.8 Å². The third-order valence-corrected chi connectivity index (χ3v) is 5.35. The molecule has 0 unspecified atom stereocenters. The minimum Gasteiger partial charge on any atom is -0.484 e. The lowest BCUT2D eigenvalue weighted by atomic mass is 10.2. The summed E-state index contributed by atoms with van der Waals surface area (Å²) in [6.07, 6.45) is 0. The fourth-order valence-corrected chi connectivity index (χ4v) is 3.48. The summed E-state index contributed by atoms with van der Waals surface area (Å²) >= 11 is 0. The lowest BCUT2D eigenvalue weighted by molar-refractivity contribution is -0.123. The number of benzene rings is 3. The fraction of sp³-hybridized carbons (Fsp3) is 0.0476. The average molecular weight is 443 g/mol. The number of amides is 2. The number of hydrogen-bond donors (Lipinski definition) is 3. The second-order valence-corrected chi connectivity index (χ2v) is 7.92. The molecule has 0 saturated heterocycles. The Kier molecular flexibility index (Phi) is 6.83. The van der Waals surface area contributed by atoms with Gasteiger partial charge in [-0.25, -0.2) is 12.8 Å². The number of hydrazine groups is 1. The Morgan fingerprint density at radius 1 is 0.839 bits per heavy atom. The zero-order chi connectivity index (χ0) is 22.3. The number of anilines is 1. The van der Waals surface area contributed by atoms with Crippen LogP contribution in [0.3, 0.4) is 0 Å². The molecule has 3 aromatic carbocycles. The zero-order valence-corrected chi connectivity index (χ0v) is 16.9. The Labute approximate surface area is 178 Å².